The highest BCUT2D eigenvalue weighted by molar-refractivity contribution is 5.70. The van der Waals surface area contributed by atoms with Crippen LogP contribution in [0.15, 0.2) is 44.7 Å². The minimum absolute atomic E-state index is 0.172. The smallest absolute Gasteiger partial charge is 0.289 e. The Balaban J connectivity index is 2.38. The summed E-state index contributed by atoms with van der Waals surface area (Å²) in [4.78, 5) is 37.2. The minimum atomic E-state index is -0.456. The molecule has 3 rings (SSSR count). The van der Waals surface area contributed by atoms with E-state index >= 15 is 0 Å². The summed E-state index contributed by atoms with van der Waals surface area (Å²) in [6.45, 7) is 0.172. The largest absolute Gasteiger partial charge is 0.332 e. The zero-order valence-electron chi connectivity index (χ0n) is 12.6. The van der Waals surface area contributed by atoms with Gasteiger partial charge in [-0.1, -0.05) is 30.3 Å². The summed E-state index contributed by atoms with van der Waals surface area (Å²) < 4.78 is 5.07. The van der Waals surface area contributed by atoms with Crippen LogP contribution in [-0.2, 0) is 27.7 Å². The van der Waals surface area contributed by atoms with Crippen molar-refractivity contribution in [1.29, 1.82) is 0 Å². The number of benzene rings is 1. The second-order valence-electron chi connectivity index (χ2n) is 5.29. The van der Waals surface area contributed by atoms with Crippen molar-refractivity contribution >= 4 is 11.2 Å². The first-order chi connectivity index (χ1) is 10.4. The SMILES string of the molecule is Cn1c(=O)n(C)c2c1c(=O)n(Cc1ccccc1)c(=O)n2C. The quantitative estimate of drug-likeness (QED) is 0.657. The van der Waals surface area contributed by atoms with Gasteiger partial charge in [0.05, 0.1) is 6.54 Å². The van der Waals surface area contributed by atoms with Gasteiger partial charge in [-0.25, -0.2) is 9.59 Å². The molecule has 7 nitrogen and oxygen atoms in total. The van der Waals surface area contributed by atoms with Crippen LogP contribution in [0.4, 0.5) is 0 Å². The molecule has 0 saturated heterocycles. The fraction of sp³-hybridized carbons (Fsp3) is 0.267. The maximum Gasteiger partial charge on any atom is 0.332 e. The first-order valence-corrected chi connectivity index (χ1v) is 6.82. The van der Waals surface area contributed by atoms with Gasteiger partial charge in [-0.2, -0.15) is 0 Å². The molecule has 0 bridgehead atoms. The first kappa shape index (κ1) is 14.1. The Bertz CT molecular complexity index is 1040. The van der Waals surface area contributed by atoms with Crippen LogP contribution in [0.1, 0.15) is 5.56 Å². The predicted molar refractivity (Wildman–Crippen MR) is 83.2 cm³/mol. The van der Waals surface area contributed by atoms with Gasteiger partial charge in [-0.15, -0.1) is 0 Å². The molecule has 0 aliphatic heterocycles. The first-order valence-electron chi connectivity index (χ1n) is 6.82. The number of rotatable bonds is 2. The van der Waals surface area contributed by atoms with Gasteiger partial charge in [0.2, 0.25) is 0 Å². The van der Waals surface area contributed by atoms with Crippen molar-refractivity contribution in [2.45, 2.75) is 6.54 Å². The highest BCUT2D eigenvalue weighted by Gasteiger charge is 2.18. The summed E-state index contributed by atoms with van der Waals surface area (Å²) in [5.41, 5.74) is 0.170. The maximum atomic E-state index is 12.7. The lowest BCUT2D eigenvalue weighted by molar-refractivity contribution is 0.650. The van der Waals surface area contributed by atoms with Crippen molar-refractivity contribution in [2.75, 3.05) is 0 Å². The van der Waals surface area contributed by atoms with Crippen LogP contribution in [-0.4, -0.2) is 18.3 Å². The Kier molecular flexibility index (Phi) is 3.13. The second kappa shape index (κ2) is 4.87. The Morgan fingerprint density at radius 3 is 2.05 bits per heavy atom. The summed E-state index contributed by atoms with van der Waals surface area (Å²) in [5, 5.41) is 0. The molecule has 1 aromatic carbocycles. The van der Waals surface area contributed by atoms with Crippen LogP contribution in [0.25, 0.3) is 11.2 Å². The topological polar surface area (TPSA) is 70.9 Å². The van der Waals surface area contributed by atoms with Crippen molar-refractivity contribution in [2.24, 2.45) is 21.1 Å². The molecule has 0 unspecified atom stereocenters. The molecule has 0 spiro atoms. The third-order valence-electron chi connectivity index (χ3n) is 3.91. The lowest BCUT2D eigenvalue weighted by Gasteiger charge is -2.09. The summed E-state index contributed by atoms with van der Waals surface area (Å²) in [5.74, 6) is 0. The molecular formula is C15H16N4O3. The van der Waals surface area contributed by atoms with E-state index in [0.717, 1.165) is 10.1 Å². The fourth-order valence-electron chi connectivity index (χ4n) is 2.73. The van der Waals surface area contributed by atoms with Gasteiger partial charge in [0.25, 0.3) is 5.56 Å². The molecule has 2 aromatic heterocycles. The van der Waals surface area contributed by atoms with E-state index in [9.17, 15) is 14.4 Å². The molecule has 3 aromatic rings. The highest BCUT2D eigenvalue weighted by atomic mass is 16.2. The normalized spacial score (nSPS) is 11.2. The van der Waals surface area contributed by atoms with E-state index in [1.165, 1.54) is 20.7 Å². The average molecular weight is 300 g/mol. The molecule has 22 heavy (non-hydrogen) atoms. The van der Waals surface area contributed by atoms with Crippen molar-refractivity contribution in [3.8, 4) is 0 Å². The van der Waals surface area contributed by atoms with E-state index in [2.05, 4.69) is 0 Å². The molecule has 2 heterocycles. The standard InChI is InChI=1S/C15H16N4O3/c1-16-11-12(17(2)14(16)21)18(3)15(22)19(13(11)20)9-10-7-5-4-6-8-10/h4-8H,9H2,1-3H3. The molecule has 0 radical (unpaired) electrons. The number of nitrogens with zero attached hydrogens (tertiary/aromatic N) is 4. The van der Waals surface area contributed by atoms with Crippen LogP contribution in [0.3, 0.4) is 0 Å². The molecule has 0 atom stereocenters. The molecule has 0 aliphatic rings. The van der Waals surface area contributed by atoms with Crippen molar-refractivity contribution in [3.63, 3.8) is 0 Å². The van der Waals surface area contributed by atoms with Crippen molar-refractivity contribution in [3.05, 3.63) is 67.2 Å². The summed E-state index contributed by atoms with van der Waals surface area (Å²) in [7, 11) is 4.64. The average Bonchev–Trinajstić information content (AvgIpc) is 2.75. The molecule has 0 aliphatic carbocycles. The number of hydrogen-bond acceptors (Lipinski definition) is 3. The third kappa shape index (κ3) is 1.86. The molecule has 0 saturated carbocycles. The van der Waals surface area contributed by atoms with E-state index < -0.39 is 11.2 Å². The van der Waals surface area contributed by atoms with Crippen LogP contribution in [0.2, 0.25) is 0 Å². The Morgan fingerprint density at radius 2 is 1.41 bits per heavy atom. The number of fused-ring (bicyclic) bond motifs is 1. The van der Waals surface area contributed by atoms with Crippen LogP contribution < -0.4 is 16.9 Å². The monoisotopic (exact) mass is 300 g/mol. The fourth-order valence-corrected chi connectivity index (χ4v) is 2.73. The van der Waals surface area contributed by atoms with E-state index in [-0.39, 0.29) is 17.8 Å². The van der Waals surface area contributed by atoms with Crippen LogP contribution in [0, 0.1) is 0 Å². The third-order valence-corrected chi connectivity index (χ3v) is 3.91. The van der Waals surface area contributed by atoms with Crippen molar-refractivity contribution < 1.29 is 0 Å². The Morgan fingerprint density at radius 1 is 0.818 bits per heavy atom. The van der Waals surface area contributed by atoms with Gasteiger partial charge in [0.1, 0.15) is 0 Å². The van der Waals surface area contributed by atoms with Crippen molar-refractivity contribution in [1.82, 2.24) is 18.3 Å². The lowest BCUT2D eigenvalue weighted by Crippen LogP contribution is -2.40. The molecule has 7 heteroatoms. The molecular weight excluding hydrogens is 284 g/mol. The zero-order chi connectivity index (χ0) is 16.0. The van der Waals surface area contributed by atoms with Gasteiger partial charge in [0, 0.05) is 21.1 Å². The van der Waals surface area contributed by atoms with E-state index in [0.29, 0.717) is 5.65 Å². The van der Waals surface area contributed by atoms with Crippen LogP contribution >= 0.6 is 0 Å². The molecule has 0 amide bonds. The second-order valence-corrected chi connectivity index (χ2v) is 5.29. The van der Waals surface area contributed by atoms with E-state index in [1.807, 2.05) is 30.3 Å². The molecule has 0 N–H and O–H groups in total. The van der Waals surface area contributed by atoms with Gasteiger partial charge in [-0.05, 0) is 5.56 Å². The van der Waals surface area contributed by atoms with Gasteiger partial charge in [0.15, 0.2) is 11.2 Å². The zero-order valence-corrected chi connectivity index (χ0v) is 12.6. The Hall–Kier alpha value is -2.83. The summed E-state index contributed by atoms with van der Waals surface area (Å²) >= 11 is 0. The minimum Gasteiger partial charge on any atom is -0.289 e. The maximum absolute atomic E-state index is 12.7. The van der Waals surface area contributed by atoms with E-state index in [4.69, 9.17) is 0 Å². The number of imidazole rings is 1. The number of aromatic nitrogens is 4. The predicted octanol–water partition coefficient (Wildman–Crippen LogP) is -0.214. The van der Waals surface area contributed by atoms with E-state index in [1.54, 1.807) is 14.1 Å². The number of hydrogen-bond donors (Lipinski definition) is 0. The molecule has 114 valence electrons. The summed E-state index contributed by atoms with van der Waals surface area (Å²) in [6.07, 6.45) is 0. The number of aryl methyl sites for hydroxylation is 3. The van der Waals surface area contributed by atoms with Gasteiger partial charge < -0.3 is 0 Å². The Labute approximate surface area is 125 Å². The van der Waals surface area contributed by atoms with Crippen LogP contribution in [0.5, 0.6) is 0 Å². The summed E-state index contributed by atoms with van der Waals surface area (Å²) in [6, 6.07) is 9.26. The lowest BCUT2D eigenvalue weighted by atomic mass is 10.2. The van der Waals surface area contributed by atoms with Gasteiger partial charge >= 0.3 is 11.4 Å². The molecule has 0 fully saturated rings. The highest BCUT2D eigenvalue weighted by Crippen LogP contribution is 2.05. The van der Waals surface area contributed by atoms with Gasteiger partial charge in [-0.3, -0.25) is 23.1 Å².